The number of benzene rings is 1. The minimum Gasteiger partial charge on any atom is -0.492 e. The fourth-order valence-corrected chi connectivity index (χ4v) is 1.08. The van der Waals surface area contributed by atoms with E-state index in [4.69, 9.17) is 10.5 Å². The van der Waals surface area contributed by atoms with Crippen LogP contribution in [0.2, 0.25) is 0 Å². The Labute approximate surface area is 81.6 Å². The van der Waals surface area contributed by atoms with Crippen molar-refractivity contribution >= 4 is 5.69 Å². The van der Waals surface area contributed by atoms with Crippen molar-refractivity contribution in [1.82, 2.24) is 0 Å². The van der Waals surface area contributed by atoms with Crippen LogP contribution < -0.4 is 10.5 Å². The molecule has 1 rings (SSSR count). The predicted molar refractivity (Wildman–Crippen MR) is 52.4 cm³/mol. The van der Waals surface area contributed by atoms with E-state index in [1.54, 1.807) is 13.0 Å². The molecule has 0 aliphatic carbocycles. The first-order valence-corrected chi connectivity index (χ1v) is 4.23. The standard InChI is InChI=1S/C9H12N2O3/c1-7-6-8(11(12)13)2-3-9(7)14-5-4-10/h2-3,6H,4-5,10H2,1H3. The van der Waals surface area contributed by atoms with E-state index in [-0.39, 0.29) is 5.69 Å². The van der Waals surface area contributed by atoms with Crippen molar-refractivity contribution in [2.75, 3.05) is 13.2 Å². The van der Waals surface area contributed by atoms with Gasteiger partial charge in [-0.05, 0) is 18.6 Å². The number of nitrogens with two attached hydrogens (primary N) is 1. The maximum Gasteiger partial charge on any atom is 0.269 e. The minimum absolute atomic E-state index is 0.0719. The highest BCUT2D eigenvalue weighted by atomic mass is 16.6. The van der Waals surface area contributed by atoms with Gasteiger partial charge in [0.25, 0.3) is 5.69 Å². The van der Waals surface area contributed by atoms with E-state index in [1.807, 2.05) is 0 Å². The second-order valence-corrected chi connectivity index (χ2v) is 2.84. The summed E-state index contributed by atoms with van der Waals surface area (Å²) in [4.78, 5) is 9.99. The van der Waals surface area contributed by atoms with Crippen molar-refractivity contribution in [3.8, 4) is 5.75 Å². The Morgan fingerprint density at radius 1 is 1.57 bits per heavy atom. The summed E-state index contributed by atoms with van der Waals surface area (Å²) in [7, 11) is 0. The molecule has 0 aliphatic heterocycles. The SMILES string of the molecule is Cc1cc([N+](=O)[O-])ccc1OCCN. The van der Waals surface area contributed by atoms with E-state index in [9.17, 15) is 10.1 Å². The molecular weight excluding hydrogens is 184 g/mol. The number of nitro groups is 1. The molecule has 0 aliphatic rings. The molecule has 0 fully saturated rings. The van der Waals surface area contributed by atoms with Crippen molar-refractivity contribution < 1.29 is 9.66 Å². The lowest BCUT2D eigenvalue weighted by molar-refractivity contribution is -0.384. The van der Waals surface area contributed by atoms with Crippen LogP contribution in [-0.4, -0.2) is 18.1 Å². The van der Waals surface area contributed by atoms with Gasteiger partial charge in [0.2, 0.25) is 0 Å². The van der Waals surface area contributed by atoms with Gasteiger partial charge in [-0.15, -0.1) is 0 Å². The molecule has 0 amide bonds. The molecule has 1 aromatic rings. The van der Waals surface area contributed by atoms with E-state index < -0.39 is 4.92 Å². The van der Waals surface area contributed by atoms with E-state index in [2.05, 4.69) is 0 Å². The number of hydrogen-bond donors (Lipinski definition) is 1. The van der Waals surface area contributed by atoms with Crippen molar-refractivity contribution in [1.29, 1.82) is 0 Å². The third kappa shape index (κ3) is 2.43. The topological polar surface area (TPSA) is 78.4 Å². The largest absolute Gasteiger partial charge is 0.492 e. The lowest BCUT2D eigenvalue weighted by atomic mass is 10.2. The molecule has 0 heterocycles. The Bertz CT molecular complexity index is 339. The fourth-order valence-electron chi connectivity index (χ4n) is 1.08. The minimum atomic E-state index is -0.431. The van der Waals surface area contributed by atoms with Crippen LogP contribution in [0.3, 0.4) is 0 Å². The Balaban J connectivity index is 2.84. The lowest BCUT2D eigenvalue weighted by Gasteiger charge is -2.06. The summed E-state index contributed by atoms with van der Waals surface area (Å²) in [5.41, 5.74) is 6.09. The van der Waals surface area contributed by atoms with Gasteiger partial charge in [-0.2, -0.15) is 0 Å². The van der Waals surface area contributed by atoms with Gasteiger partial charge in [-0.3, -0.25) is 10.1 Å². The second kappa shape index (κ2) is 4.57. The average molecular weight is 196 g/mol. The highest BCUT2D eigenvalue weighted by molar-refractivity contribution is 5.42. The van der Waals surface area contributed by atoms with Crippen molar-refractivity contribution in [3.63, 3.8) is 0 Å². The summed E-state index contributed by atoms with van der Waals surface area (Å²) in [6.07, 6.45) is 0. The van der Waals surface area contributed by atoms with Crippen molar-refractivity contribution in [3.05, 3.63) is 33.9 Å². The summed E-state index contributed by atoms with van der Waals surface area (Å²) in [6.45, 7) is 2.61. The van der Waals surface area contributed by atoms with E-state index in [1.165, 1.54) is 12.1 Å². The van der Waals surface area contributed by atoms with Crippen LogP contribution in [0, 0.1) is 17.0 Å². The summed E-state index contributed by atoms with van der Waals surface area (Å²) in [5, 5.41) is 10.4. The zero-order chi connectivity index (χ0) is 10.6. The number of nitrogens with zero attached hydrogens (tertiary/aromatic N) is 1. The molecule has 14 heavy (non-hydrogen) atoms. The van der Waals surface area contributed by atoms with E-state index in [0.717, 1.165) is 5.56 Å². The number of ether oxygens (including phenoxy) is 1. The smallest absolute Gasteiger partial charge is 0.269 e. The summed E-state index contributed by atoms with van der Waals surface area (Å²) >= 11 is 0. The maximum absolute atomic E-state index is 10.4. The molecule has 0 unspecified atom stereocenters. The molecule has 0 bridgehead atoms. The molecule has 0 atom stereocenters. The van der Waals surface area contributed by atoms with E-state index in [0.29, 0.717) is 18.9 Å². The summed E-state index contributed by atoms with van der Waals surface area (Å²) < 4.78 is 5.27. The van der Waals surface area contributed by atoms with Gasteiger partial charge in [-0.1, -0.05) is 0 Å². The van der Waals surface area contributed by atoms with Crippen LogP contribution >= 0.6 is 0 Å². The van der Waals surface area contributed by atoms with Crippen molar-refractivity contribution in [2.24, 2.45) is 5.73 Å². The van der Waals surface area contributed by atoms with Crippen LogP contribution in [0.25, 0.3) is 0 Å². The third-order valence-electron chi connectivity index (χ3n) is 1.74. The summed E-state index contributed by atoms with van der Waals surface area (Å²) in [6, 6.07) is 4.48. The number of non-ortho nitro benzene ring substituents is 1. The van der Waals surface area contributed by atoms with Crippen LogP contribution in [0.5, 0.6) is 5.75 Å². The van der Waals surface area contributed by atoms with E-state index >= 15 is 0 Å². The molecule has 2 N–H and O–H groups in total. The van der Waals surface area contributed by atoms with Gasteiger partial charge in [0.15, 0.2) is 0 Å². The van der Waals surface area contributed by atoms with Crippen LogP contribution in [0.4, 0.5) is 5.69 Å². The Morgan fingerprint density at radius 2 is 2.29 bits per heavy atom. The van der Waals surface area contributed by atoms with Gasteiger partial charge >= 0.3 is 0 Å². The lowest BCUT2D eigenvalue weighted by Crippen LogP contribution is -2.11. The molecule has 0 aromatic heterocycles. The first kappa shape index (κ1) is 10.5. The molecule has 5 nitrogen and oxygen atoms in total. The first-order valence-electron chi connectivity index (χ1n) is 4.23. The molecule has 5 heteroatoms. The van der Waals surface area contributed by atoms with Gasteiger partial charge in [0, 0.05) is 18.7 Å². The number of hydrogen-bond acceptors (Lipinski definition) is 4. The average Bonchev–Trinajstić information content (AvgIpc) is 2.15. The van der Waals surface area contributed by atoms with Crippen molar-refractivity contribution in [2.45, 2.75) is 6.92 Å². The third-order valence-corrected chi connectivity index (χ3v) is 1.74. The molecule has 0 saturated heterocycles. The molecule has 0 saturated carbocycles. The molecular formula is C9H12N2O3. The predicted octanol–water partition coefficient (Wildman–Crippen LogP) is 1.24. The molecule has 1 aromatic carbocycles. The summed E-state index contributed by atoms with van der Waals surface area (Å²) in [5.74, 6) is 0.640. The van der Waals surface area contributed by atoms with Gasteiger partial charge < -0.3 is 10.5 Å². The van der Waals surface area contributed by atoms with Crippen LogP contribution in [-0.2, 0) is 0 Å². The highest BCUT2D eigenvalue weighted by Gasteiger charge is 2.08. The Morgan fingerprint density at radius 3 is 2.79 bits per heavy atom. The Hall–Kier alpha value is -1.62. The molecule has 76 valence electrons. The number of aryl methyl sites for hydroxylation is 1. The number of nitro benzene ring substituents is 1. The molecule has 0 spiro atoms. The quantitative estimate of drug-likeness (QED) is 0.580. The maximum atomic E-state index is 10.4. The Kier molecular flexibility index (Phi) is 3.41. The highest BCUT2D eigenvalue weighted by Crippen LogP contribution is 2.22. The zero-order valence-electron chi connectivity index (χ0n) is 7.90. The van der Waals surface area contributed by atoms with Gasteiger partial charge in [0.05, 0.1) is 4.92 Å². The van der Waals surface area contributed by atoms with Gasteiger partial charge in [-0.25, -0.2) is 0 Å². The normalized spacial score (nSPS) is 9.86. The fraction of sp³-hybridized carbons (Fsp3) is 0.333. The first-order chi connectivity index (χ1) is 6.65. The monoisotopic (exact) mass is 196 g/mol. The number of rotatable bonds is 4. The molecule has 0 radical (unpaired) electrons. The second-order valence-electron chi connectivity index (χ2n) is 2.84. The van der Waals surface area contributed by atoms with Crippen LogP contribution in [0.15, 0.2) is 18.2 Å². The van der Waals surface area contributed by atoms with Crippen LogP contribution in [0.1, 0.15) is 5.56 Å². The zero-order valence-corrected chi connectivity index (χ0v) is 7.90. The van der Waals surface area contributed by atoms with Gasteiger partial charge in [0.1, 0.15) is 12.4 Å².